The van der Waals surface area contributed by atoms with E-state index in [1.807, 2.05) is 26.7 Å². The Hall–Kier alpha value is 2.80. The number of hydrogen-bond donors (Lipinski definition) is 0. The average Bonchev–Trinajstić information content (AvgIpc) is 1.52. The maximum absolute atomic E-state index is 4.75. The Kier molecular flexibility index (Phi) is 18.3. The molecule has 0 radical (unpaired) electrons. The molecule has 7 heteroatoms. The van der Waals surface area contributed by atoms with Crippen LogP contribution in [0, 0.1) is 0 Å². The van der Waals surface area contributed by atoms with Crippen molar-refractivity contribution in [1.82, 2.24) is 0 Å². The summed E-state index contributed by atoms with van der Waals surface area (Å²) in [4.78, 5) is 4.59. The standard InChI is InChI=1S/2C2H7PS2.2CH3.Sn/c2*1-3(2,4)5;;;/h2*1-2H3,(H,4,5);2*1H3;/q;;;;+2/p-2. The minimum absolute atomic E-state index is 0.230. The zero-order valence-electron chi connectivity index (χ0n) is 9.03. The molecule has 0 aromatic rings. The van der Waals surface area contributed by atoms with E-state index in [9.17, 15) is 0 Å². The van der Waals surface area contributed by atoms with Crippen molar-refractivity contribution < 1.29 is 0 Å². The quantitative estimate of drug-likeness (QED) is 0.349. The third-order valence-electron chi connectivity index (χ3n) is 0. The molecular weight excluding hydrogens is 381 g/mol. The van der Waals surface area contributed by atoms with Crippen molar-refractivity contribution in [3.05, 3.63) is 0 Å². The topological polar surface area (TPSA) is 0 Å². The van der Waals surface area contributed by atoms with Crippen molar-refractivity contribution in [3.63, 3.8) is 0 Å². The SMILES string of the molecule is CP(C)(=S)[S-].CP(C)(=S)[S-].[CH3][Sn+2][CH3]. The van der Waals surface area contributed by atoms with Gasteiger partial charge in [-0.1, -0.05) is 26.7 Å². The maximum atomic E-state index is 4.75. The Bertz CT molecular complexity index is 147. The van der Waals surface area contributed by atoms with E-state index in [-0.39, 0.29) is 21.1 Å². The fourth-order valence-electron chi connectivity index (χ4n) is 0. The Balaban J connectivity index is -0.000000120. The summed E-state index contributed by atoms with van der Waals surface area (Å²) in [5, 5.41) is -2.44. The molecule has 0 amide bonds. The average molecular weight is 399 g/mol. The van der Waals surface area contributed by atoms with Gasteiger partial charge in [-0.15, -0.1) is 23.6 Å². The molecule has 0 saturated carbocycles. The van der Waals surface area contributed by atoms with Crippen LogP contribution in [0.1, 0.15) is 0 Å². The second-order valence-electron chi connectivity index (χ2n) is 3.00. The van der Waals surface area contributed by atoms with Crippen LogP contribution in [0.2, 0.25) is 9.88 Å². The van der Waals surface area contributed by atoms with Crippen LogP contribution < -0.4 is 0 Å². The van der Waals surface area contributed by atoms with Crippen LogP contribution in [0.3, 0.4) is 0 Å². The molecule has 0 atom stereocenters. The van der Waals surface area contributed by atoms with Gasteiger partial charge in [0.25, 0.3) is 0 Å². The molecule has 0 aliphatic heterocycles. The van der Waals surface area contributed by atoms with Gasteiger partial charge in [0.1, 0.15) is 0 Å². The first-order valence-electron chi connectivity index (χ1n) is 3.52. The monoisotopic (exact) mass is 400 g/mol. The summed E-state index contributed by atoms with van der Waals surface area (Å²) >= 11 is 19.2. The summed E-state index contributed by atoms with van der Waals surface area (Å²) in [7, 11) is 0. The van der Waals surface area contributed by atoms with Crippen molar-refractivity contribution in [2.24, 2.45) is 0 Å². The third kappa shape index (κ3) is 309. The van der Waals surface area contributed by atoms with E-state index in [1.54, 1.807) is 0 Å². The van der Waals surface area contributed by atoms with Gasteiger partial charge in [0.05, 0.1) is 0 Å². The summed E-state index contributed by atoms with van der Waals surface area (Å²) in [5.74, 6) is 0. The molecule has 13 heavy (non-hydrogen) atoms. The van der Waals surface area contributed by atoms with Crippen LogP contribution in [0.15, 0.2) is 0 Å². The van der Waals surface area contributed by atoms with Crippen LogP contribution in [-0.2, 0) is 48.1 Å². The van der Waals surface area contributed by atoms with Crippen molar-refractivity contribution in [1.29, 1.82) is 0 Å². The molecule has 0 rings (SSSR count). The van der Waals surface area contributed by atoms with Gasteiger partial charge < -0.3 is 24.5 Å². The van der Waals surface area contributed by atoms with Gasteiger partial charge in [-0.25, -0.2) is 0 Å². The molecule has 0 spiro atoms. The molecule has 0 N–H and O–H groups in total. The molecule has 0 saturated heterocycles. The first-order valence-corrected chi connectivity index (χ1v) is 18.6. The molecule has 0 heterocycles. The molecule has 0 aliphatic carbocycles. The van der Waals surface area contributed by atoms with Crippen LogP contribution in [0.4, 0.5) is 0 Å². The molecule has 0 aliphatic rings. The summed E-state index contributed by atoms with van der Waals surface area (Å²) in [6.07, 6.45) is 0. The predicted molar refractivity (Wildman–Crippen MR) is 84.5 cm³/mol. The molecule has 0 nitrogen and oxygen atoms in total. The van der Waals surface area contributed by atoms with E-state index >= 15 is 0 Å². The molecule has 0 bridgehead atoms. The first kappa shape index (κ1) is 21.1. The second kappa shape index (κ2) is 11.3. The Morgan fingerprint density at radius 3 is 0.846 bits per heavy atom. The fraction of sp³-hybridized carbons (Fsp3) is 1.00. The van der Waals surface area contributed by atoms with Gasteiger partial charge in [0.15, 0.2) is 0 Å². The molecule has 0 unspecified atom stereocenters. The van der Waals surface area contributed by atoms with Gasteiger partial charge >= 0.3 is 31.0 Å². The minimum atomic E-state index is -1.22. The van der Waals surface area contributed by atoms with E-state index in [0.717, 1.165) is 0 Å². The summed E-state index contributed by atoms with van der Waals surface area (Å²) < 4.78 is 0. The van der Waals surface area contributed by atoms with Crippen molar-refractivity contribution in [3.8, 4) is 0 Å². The Morgan fingerprint density at radius 2 is 0.846 bits per heavy atom. The van der Waals surface area contributed by atoms with E-state index < -0.39 is 10.5 Å². The Morgan fingerprint density at radius 1 is 0.846 bits per heavy atom. The van der Waals surface area contributed by atoms with Crippen LogP contribution in [0.5, 0.6) is 0 Å². The molecule has 0 aromatic heterocycles. The van der Waals surface area contributed by atoms with Crippen LogP contribution >= 0.6 is 10.5 Å². The summed E-state index contributed by atoms with van der Waals surface area (Å²) in [6.45, 7) is 7.71. The molecule has 80 valence electrons. The van der Waals surface area contributed by atoms with E-state index in [4.69, 9.17) is 48.1 Å². The van der Waals surface area contributed by atoms with E-state index in [1.165, 1.54) is 0 Å². The van der Waals surface area contributed by atoms with Crippen molar-refractivity contribution >= 4 is 79.7 Å². The Labute approximate surface area is 115 Å². The zero-order valence-corrected chi connectivity index (χ0v) is 16.9. The normalized spacial score (nSPS) is 9.85. The van der Waals surface area contributed by atoms with E-state index in [2.05, 4.69) is 9.88 Å². The summed E-state index contributed by atoms with van der Waals surface area (Å²) in [5.41, 5.74) is 0. The van der Waals surface area contributed by atoms with Crippen LogP contribution in [-0.4, -0.2) is 47.8 Å². The number of rotatable bonds is 0. The third-order valence-corrected chi connectivity index (χ3v) is 0. The van der Waals surface area contributed by atoms with E-state index in [0.29, 0.717) is 0 Å². The van der Waals surface area contributed by atoms with Gasteiger partial charge in [-0.3, -0.25) is 0 Å². The van der Waals surface area contributed by atoms with Gasteiger partial charge in [-0.05, 0) is 0 Å². The second-order valence-corrected chi connectivity index (χ2v) is 23.2. The molecular formula is C6H18P2S4Sn. The number of hydrogen-bond acceptors (Lipinski definition) is 4. The van der Waals surface area contributed by atoms with Crippen molar-refractivity contribution in [2.45, 2.75) is 9.88 Å². The predicted octanol–water partition coefficient (Wildman–Crippen LogP) is 3.16. The molecule has 0 fully saturated rings. The molecule has 0 aromatic carbocycles. The first-order chi connectivity index (χ1) is 5.41. The van der Waals surface area contributed by atoms with Gasteiger partial charge in [-0.2, -0.15) is 10.5 Å². The van der Waals surface area contributed by atoms with Gasteiger partial charge in [0, 0.05) is 0 Å². The van der Waals surface area contributed by atoms with Gasteiger partial charge in [0.2, 0.25) is 0 Å². The fourth-order valence-corrected chi connectivity index (χ4v) is 0. The zero-order chi connectivity index (χ0) is 11.7. The van der Waals surface area contributed by atoms with Crippen LogP contribution in [0.25, 0.3) is 0 Å². The van der Waals surface area contributed by atoms with Crippen molar-refractivity contribution in [2.75, 3.05) is 26.7 Å². The summed E-state index contributed by atoms with van der Waals surface area (Å²) in [6, 6.07) is 0.